The van der Waals surface area contributed by atoms with Crippen LogP contribution in [0.15, 0.2) is 24.3 Å². The molecule has 8 heteroatoms. The van der Waals surface area contributed by atoms with Crippen LogP contribution in [0, 0.1) is 0 Å². The third-order valence-corrected chi connectivity index (χ3v) is 3.67. The van der Waals surface area contributed by atoms with Crippen LogP contribution in [0.2, 0.25) is 0 Å². The number of nitrogens with one attached hydrogen (secondary N) is 2. The summed E-state index contributed by atoms with van der Waals surface area (Å²) in [5.74, 6) is -2.37. The van der Waals surface area contributed by atoms with Gasteiger partial charge in [-0.15, -0.1) is 5.10 Å². The second-order valence-electron chi connectivity index (χ2n) is 5.14. The largest absolute Gasteiger partial charge is 0.451 e. The highest BCUT2D eigenvalue weighted by Crippen LogP contribution is 2.32. The van der Waals surface area contributed by atoms with Crippen LogP contribution < -0.4 is 5.32 Å². The van der Waals surface area contributed by atoms with Crippen LogP contribution in [-0.2, 0) is 17.4 Å². The van der Waals surface area contributed by atoms with Gasteiger partial charge in [0.1, 0.15) is 0 Å². The number of aromatic nitrogens is 3. The van der Waals surface area contributed by atoms with E-state index in [0.717, 1.165) is 24.0 Å². The number of carbonyl (C=O) groups excluding carboxylic acids is 1. The molecule has 0 aliphatic heterocycles. The molecule has 5 nitrogen and oxygen atoms in total. The summed E-state index contributed by atoms with van der Waals surface area (Å²) in [6.45, 7) is 0. The van der Waals surface area contributed by atoms with Gasteiger partial charge in [-0.2, -0.15) is 18.2 Å². The first-order valence-corrected chi connectivity index (χ1v) is 6.83. The lowest BCUT2D eigenvalue weighted by molar-refractivity contribution is -0.144. The molecule has 0 radical (unpaired) electrons. The topological polar surface area (TPSA) is 70.7 Å². The monoisotopic (exact) mass is 310 g/mol. The van der Waals surface area contributed by atoms with Gasteiger partial charge in [-0.05, 0) is 30.4 Å². The minimum atomic E-state index is -4.62. The highest BCUT2D eigenvalue weighted by molar-refractivity contribution is 5.94. The van der Waals surface area contributed by atoms with Crippen LogP contribution >= 0.6 is 0 Å². The molecule has 1 aromatic heterocycles. The predicted molar refractivity (Wildman–Crippen MR) is 72.1 cm³/mol. The van der Waals surface area contributed by atoms with Crippen LogP contribution in [0.1, 0.15) is 35.7 Å². The molecule has 2 N–H and O–H groups in total. The van der Waals surface area contributed by atoms with Gasteiger partial charge in [0, 0.05) is 0 Å². The average molecular weight is 310 g/mol. The first kappa shape index (κ1) is 14.6. The van der Waals surface area contributed by atoms with Crippen molar-refractivity contribution in [2.24, 2.45) is 0 Å². The quantitative estimate of drug-likeness (QED) is 0.896. The lowest BCUT2D eigenvalue weighted by atomic mass is 9.82. The summed E-state index contributed by atoms with van der Waals surface area (Å²) in [6, 6.07) is 7.59. The maximum absolute atomic E-state index is 12.4. The van der Waals surface area contributed by atoms with Crippen molar-refractivity contribution < 1.29 is 18.0 Å². The maximum atomic E-state index is 12.4. The molecule has 1 heterocycles. The van der Waals surface area contributed by atoms with Crippen LogP contribution in [0.25, 0.3) is 0 Å². The lowest BCUT2D eigenvalue weighted by Crippen LogP contribution is -2.25. The van der Waals surface area contributed by atoms with E-state index in [4.69, 9.17) is 0 Å². The van der Waals surface area contributed by atoms with Crippen molar-refractivity contribution in [2.75, 3.05) is 5.32 Å². The number of rotatable bonds is 2. The number of fused-ring (bicyclic) bond motifs is 1. The summed E-state index contributed by atoms with van der Waals surface area (Å²) in [7, 11) is 0. The molecule has 1 aliphatic carbocycles. The van der Waals surface area contributed by atoms with E-state index in [1.165, 1.54) is 0 Å². The normalized spacial score (nSPS) is 17.9. The molecule has 1 amide bonds. The van der Waals surface area contributed by atoms with E-state index in [0.29, 0.717) is 6.42 Å². The van der Waals surface area contributed by atoms with Gasteiger partial charge in [0.2, 0.25) is 17.7 Å². The number of carbonyl (C=O) groups is 1. The number of amides is 1. The maximum Gasteiger partial charge on any atom is 0.451 e. The van der Waals surface area contributed by atoms with Crippen LogP contribution in [0.3, 0.4) is 0 Å². The summed E-state index contributed by atoms with van der Waals surface area (Å²) >= 11 is 0. The molecule has 1 atom stereocenters. The first-order chi connectivity index (χ1) is 10.4. The van der Waals surface area contributed by atoms with Crippen LogP contribution in [-0.4, -0.2) is 21.1 Å². The molecule has 0 saturated heterocycles. The van der Waals surface area contributed by atoms with Gasteiger partial charge in [0.15, 0.2) is 0 Å². The molecular weight excluding hydrogens is 297 g/mol. The fourth-order valence-corrected chi connectivity index (χ4v) is 2.67. The summed E-state index contributed by atoms with van der Waals surface area (Å²) in [6.07, 6.45) is -2.21. The Bertz CT molecular complexity index is 695. The fourth-order valence-electron chi connectivity index (χ4n) is 2.67. The molecule has 1 aromatic carbocycles. The zero-order valence-electron chi connectivity index (χ0n) is 11.4. The zero-order valence-corrected chi connectivity index (χ0v) is 11.4. The predicted octanol–water partition coefficient (Wildman–Crippen LogP) is 2.88. The summed E-state index contributed by atoms with van der Waals surface area (Å²) in [4.78, 5) is 15.6. The molecule has 22 heavy (non-hydrogen) atoms. The Morgan fingerprint density at radius 1 is 1.32 bits per heavy atom. The van der Waals surface area contributed by atoms with Crippen LogP contribution in [0.5, 0.6) is 0 Å². The van der Waals surface area contributed by atoms with Crippen LogP contribution in [0.4, 0.5) is 19.1 Å². The second kappa shape index (κ2) is 5.43. The summed E-state index contributed by atoms with van der Waals surface area (Å²) < 4.78 is 37.3. The number of aryl methyl sites for hydroxylation is 1. The van der Waals surface area contributed by atoms with E-state index in [9.17, 15) is 18.0 Å². The van der Waals surface area contributed by atoms with Crippen molar-refractivity contribution in [1.82, 2.24) is 15.2 Å². The Kier molecular flexibility index (Phi) is 3.59. The van der Waals surface area contributed by atoms with Gasteiger partial charge >= 0.3 is 6.18 Å². The minimum Gasteiger partial charge on any atom is -0.293 e. The van der Waals surface area contributed by atoms with E-state index >= 15 is 0 Å². The number of hydrogen-bond donors (Lipinski definition) is 2. The number of aromatic amines is 1. The van der Waals surface area contributed by atoms with Crippen molar-refractivity contribution in [3.8, 4) is 0 Å². The fraction of sp³-hybridized carbons (Fsp3) is 0.357. The third kappa shape index (κ3) is 2.81. The average Bonchev–Trinajstić information content (AvgIpc) is 2.95. The van der Waals surface area contributed by atoms with Gasteiger partial charge in [-0.25, -0.2) is 0 Å². The van der Waals surface area contributed by atoms with Crippen molar-refractivity contribution >= 4 is 11.9 Å². The number of halogens is 3. The molecule has 116 valence electrons. The number of alkyl halides is 3. The highest BCUT2D eigenvalue weighted by atomic mass is 19.4. The van der Waals surface area contributed by atoms with Crippen molar-refractivity contribution in [3.05, 3.63) is 41.2 Å². The molecule has 2 aromatic rings. The van der Waals surface area contributed by atoms with Crippen molar-refractivity contribution in [3.63, 3.8) is 0 Å². The Labute approximate surface area is 123 Å². The Balaban J connectivity index is 1.77. The van der Waals surface area contributed by atoms with E-state index in [1.807, 2.05) is 24.3 Å². The molecule has 0 fully saturated rings. The van der Waals surface area contributed by atoms with Crippen molar-refractivity contribution in [2.45, 2.75) is 31.4 Å². The first-order valence-electron chi connectivity index (χ1n) is 6.83. The Morgan fingerprint density at radius 2 is 2.09 bits per heavy atom. The summed E-state index contributed by atoms with van der Waals surface area (Å²) in [5, 5.41) is 7.51. The van der Waals surface area contributed by atoms with E-state index in [-0.39, 0.29) is 11.9 Å². The molecule has 1 aliphatic rings. The molecule has 0 spiro atoms. The molecular formula is C14H13F3N4O. The highest BCUT2D eigenvalue weighted by Gasteiger charge is 2.36. The standard InChI is InChI=1S/C14H13F3N4O/c15-14(16,17)12-19-13(21-20-12)18-11(22)10-7-3-5-8-4-1-2-6-9(8)10/h1-2,4,6,10H,3,5,7H2,(H2,18,19,20,21,22). The van der Waals surface area contributed by atoms with Gasteiger partial charge in [0.05, 0.1) is 5.92 Å². The van der Waals surface area contributed by atoms with E-state index in [1.54, 1.807) is 5.10 Å². The van der Waals surface area contributed by atoms with E-state index in [2.05, 4.69) is 15.4 Å². The van der Waals surface area contributed by atoms with Gasteiger partial charge in [-0.1, -0.05) is 24.3 Å². The van der Waals surface area contributed by atoms with E-state index < -0.39 is 17.9 Å². The van der Waals surface area contributed by atoms with Gasteiger partial charge in [-0.3, -0.25) is 15.2 Å². The van der Waals surface area contributed by atoms with Gasteiger partial charge < -0.3 is 0 Å². The Hall–Kier alpha value is -2.38. The minimum absolute atomic E-state index is 0.361. The number of anilines is 1. The molecule has 1 unspecified atom stereocenters. The molecule has 0 saturated carbocycles. The van der Waals surface area contributed by atoms with Crippen molar-refractivity contribution in [1.29, 1.82) is 0 Å². The number of H-pyrrole nitrogens is 1. The SMILES string of the molecule is O=C(Nc1n[nH]c(C(F)(F)F)n1)C1CCCc2ccccc21. The third-order valence-electron chi connectivity index (χ3n) is 3.67. The second-order valence-corrected chi connectivity index (χ2v) is 5.14. The smallest absolute Gasteiger partial charge is 0.293 e. The summed E-state index contributed by atoms with van der Waals surface area (Å²) in [5.41, 5.74) is 2.01. The number of benzene rings is 1. The molecule has 0 bridgehead atoms. The van der Waals surface area contributed by atoms with Gasteiger partial charge in [0.25, 0.3) is 0 Å². The number of nitrogens with zero attached hydrogens (tertiary/aromatic N) is 2. The number of hydrogen-bond acceptors (Lipinski definition) is 3. The molecule has 3 rings (SSSR count). The zero-order chi connectivity index (χ0) is 15.7. The lowest BCUT2D eigenvalue weighted by Gasteiger charge is -2.24. The Morgan fingerprint density at radius 3 is 2.82 bits per heavy atom.